The molecule has 0 aliphatic carbocycles. The first-order valence-electron chi connectivity index (χ1n) is 5.37. The molecule has 0 aliphatic heterocycles. The first-order chi connectivity index (χ1) is 8.68. The van der Waals surface area contributed by atoms with E-state index in [9.17, 15) is 4.79 Å². The van der Waals surface area contributed by atoms with Crippen molar-refractivity contribution >= 4 is 11.8 Å². The Morgan fingerprint density at radius 1 is 1.50 bits per heavy atom. The Morgan fingerprint density at radius 2 is 2.33 bits per heavy atom. The maximum atomic E-state index is 11.1. The standard InChI is InChI=1S/C11H12N4O3/c1-7-2-4-12-10(9(7)11(16)17)13-5-3-8-14-6-15-18-8/h2,4,6H,3,5H2,1H3,(H,12,13)(H,16,17). The van der Waals surface area contributed by atoms with Gasteiger partial charge in [0.25, 0.3) is 0 Å². The van der Waals surface area contributed by atoms with E-state index in [1.807, 2.05) is 0 Å². The summed E-state index contributed by atoms with van der Waals surface area (Å²) < 4.78 is 4.84. The summed E-state index contributed by atoms with van der Waals surface area (Å²) in [6, 6.07) is 1.66. The van der Waals surface area contributed by atoms with Crippen LogP contribution in [0.15, 0.2) is 23.1 Å². The van der Waals surface area contributed by atoms with Crippen molar-refractivity contribution < 1.29 is 14.4 Å². The summed E-state index contributed by atoms with van der Waals surface area (Å²) in [6.07, 6.45) is 3.40. The van der Waals surface area contributed by atoms with Crippen molar-refractivity contribution in [3.05, 3.63) is 35.6 Å². The normalized spacial score (nSPS) is 10.3. The molecule has 0 bridgehead atoms. The van der Waals surface area contributed by atoms with E-state index in [4.69, 9.17) is 9.63 Å². The van der Waals surface area contributed by atoms with Crippen LogP contribution in [0.5, 0.6) is 0 Å². The quantitative estimate of drug-likeness (QED) is 0.817. The molecule has 2 rings (SSSR count). The number of aryl methyl sites for hydroxylation is 1. The third-order valence-electron chi connectivity index (χ3n) is 2.41. The number of carboxylic acids is 1. The second kappa shape index (κ2) is 5.26. The van der Waals surface area contributed by atoms with Gasteiger partial charge in [0, 0.05) is 19.2 Å². The average molecular weight is 248 g/mol. The Kier molecular flexibility index (Phi) is 3.52. The third kappa shape index (κ3) is 2.62. The number of nitrogens with zero attached hydrogens (tertiary/aromatic N) is 3. The monoisotopic (exact) mass is 248 g/mol. The molecular formula is C11H12N4O3. The molecule has 0 fully saturated rings. The lowest BCUT2D eigenvalue weighted by Crippen LogP contribution is -2.12. The van der Waals surface area contributed by atoms with E-state index in [1.165, 1.54) is 6.33 Å². The fourth-order valence-corrected chi connectivity index (χ4v) is 1.56. The highest BCUT2D eigenvalue weighted by Gasteiger charge is 2.14. The molecule has 94 valence electrons. The lowest BCUT2D eigenvalue weighted by molar-refractivity contribution is 0.0697. The SMILES string of the molecule is Cc1ccnc(NCCc2ncno2)c1C(=O)O. The number of anilines is 1. The minimum absolute atomic E-state index is 0.183. The molecule has 0 atom stereocenters. The van der Waals surface area contributed by atoms with Gasteiger partial charge in [0.1, 0.15) is 11.4 Å². The first kappa shape index (κ1) is 12.0. The van der Waals surface area contributed by atoms with Crippen LogP contribution >= 0.6 is 0 Å². The molecule has 7 nitrogen and oxygen atoms in total. The molecule has 7 heteroatoms. The highest BCUT2D eigenvalue weighted by molar-refractivity contribution is 5.94. The summed E-state index contributed by atoms with van der Waals surface area (Å²) in [5.74, 6) is -0.157. The van der Waals surface area contributed by atoms with Crippen LogP contribution in [0.1, 0.15) is 21.8 Å². The number of aromatic carboxylic acids is 1. The molecule has 2 heterocycles. The molecule has 0 radical (unpaired) electrons. The van der Waals surface area contributed by atoms with Gasteiger partial charge >= 0.3 is 5.97 Å². The highest BCUT2D eigenvalue weighted by atomic mass is 16.5. The minimum atomic E-state index is -0.999. The fraction of sp³-hybridized carbons (Fsp3) is 0.273. The van der Waals surface area contributed by atoms with Gasteiger partial charge in [0.2, 0.25) is 5.89 Å². The molecule has 18 heavy (non-hydrogen) atoms. The lowest BCUT2D eigenvalue weighted by atomic mass is 10.1. The lowest BCUT2D eigenvalue weighted by Gasteiger charge is -2.09. The Hall–Kier alpha value is -2.44. The maximum Gasteiger partial charge on any atom is 0.339 e. The van der Waals surface area contributed by atoms with Crippen LogP contribution < -0.4 is 5.32 Å². The van der Waals surface area contributed by atoms with E-state index in [0.29, 0.717) is 30.2 Å². The number of rotatable bonds is 5. The highest BCUT2D eigenvalue weighted by Crippen LogP contribution is 2.16. The van der Waals surface area contributed by atoms with Crippen molar-refractivity contribution in [2.45, 2.75) is 13.3 Å². The summed E-state index contributed by atoms with van der Waals surface area (Å²) in [5, 5.41) is 15.5. The molecule has 0 amide bonds. The Balaban J connectivity index is 2.05. The number of hydrogen-bond donors (Lipinski definition) is 2. The van der Waals surface area contributed by atoms with Crippen LogP contribution in [0.4, 0.5) is 5.82 Å². The summed E-state index contributed by atoms with van der Waals surface area (Å²) in [6.45, 7) is 2.20. The fourth-order valence-electron chi connectivity index (χ4n) is 1.56. The minimum Gasteiger partial charge on any atom is -0.478 e. The van der Waals surface area contributed by atoms with Gasteiger partial charge in [0.15, 0.2) is 6.33 Å². The Bertz CT molecular complexity index is 539. The molecule has 0 unspecified atom stereocenters. The zero-order chi connectivity index (χ0) is 13.0. The van der Waals surface area contributed by atoms with Gasteiger partial charge in [0.05, 0.1) is 0 Å². The van der Waals surface area contributed by atoms with Crippen LogP contribution in [0.25, 0.3) is 0 Å². The van der Waals surface area contributed by atoms with E-state index in [1.54, 1.807) is 19.2 Å². The van der Waals surface area contributed by atoms with E-state index in [0.717, 1.165) is 0 Å². The van der Waals surface area contributed by atoms with Gasteiger partial charge in [-0.1, -0.05) is 5.16 Å². The summed E-state index contributed by atoms with van der Waals surface area (Å²) >= 11 is 0. The van der Waals surface area contributed by atoms with Crippen molar-refractivity contribution in [1.29, 1.82) is 0 Å². The molecule has 0 aromatic carbocycles. The van der Waals surface area contributed by atoms with Crippen molar-refractivity contribution in [2.24, 2.45) is 0 Å². The predicted octanol–water partition coefficient (Wildman–Crippen LogP) is 1.13. The number of nitrogens with one attached hydrogen (secondary N) is 1. The van der Waals surface area contributed by atoms with Crippen molar-refractivity contribution in [2.75, 3.05) is 11.9 Å². The number of carboxylic acid groups (broad SMARTS) is 1. The molecule has 0 aliphatic rings. The van der Waals surface area contributed by atoms with Crippen molar-refractivity contribution in [3.8, 4) is 0 Å². The molecule has 2 aromatic rings. The first-order valence-corrected chi connectivity index (χ1v) is 5.37. The Morgan fingerprint density at radius 3 is 3.00 bits per heavy atom. The zero-order valence-corrected chi connectivity index (χ0v) is 9.75. The van der Waals surface area contributed by atoms with Crippen molar-refractivity contribution in [3.63, 3.8) is 0 Å². The number of pyridine rings is 1. The van der Waals surface area contributed by atoms with Gasteiger partial charge in [-0.2, -0.15) is 4.98 Å². The van der Waals surface area contributed by atoms with Crippen LogP contribution in [0.3, 0.4) is 0 Å². The van der Waals surface area contributed by atoms with Crippen LogP contribution in [-0.2, 0) is 6.42 Å². The third-order valence-corrected chi connectivity index (χ3v) is 2.41. The van der Waals surface area contributed by atoms with E-state index >= 15 is 0 Å². The van der Waals surface area contributed by atoms with Gasteiger partial charge in [-0.15, -0.1) is 0 Å². The Labute approximate surface area is 103 Å². The molecule has 2 N–H and O–H groups in total. The largest absolute Gasteiger partial charge is 0.478 e. The van der Waals surface area contributed by atoms with E-state index in [2.05, 4.69) is 20.4 Å². The molecule has 0 spiro atoms. The van der Waals surface area contributed by atoms with E-state index < -0.39 is 5.97 Å². The van der Waals surface area contributed by atoms with Crippen molar-refractivity contribution in [1.82, 2.24) is 15.1 Å². The smallest absolute Gasteiger partial charge is 0.339 e. The number of aromatic nitrogens is 3. The second-order valence-electron chi connectivity index (χ2n) is 3.67. The molecular weight excluding hydrogens is 236 g/mol. The summed E-state index contributed by atoms with van der Waals surface area (Å²) in [7, 11) is 0. The summed E-state index contributed by atoms with van der Waals surface area (Å²) in [5.41, 5.74) is 0.848. The number of carbonyl (C=O) groups is 1. The average Bonchev–Trinajstić information content (AvgIpc) is 2.81. The maximum absolute atomic E-state index is 11.1. The number of hydrogen-bond acceptors (Lipinski definition) is 6. The second-order valence-corrected chi connectivity index (χ2v) is 3.67. The van der Waals surface area contributed by atoms with Crippen LogP contribution in [0.2, 0.25) is 0 Å². The van der Waals surface area contributed by atoms with Gasteiger partial charge < -0.3 is 14.9 Å². The van der Waals surface area contributed by atoms with Crippen LogP contribution in [-0.4, -0.2) is 32.7 Å². The van der Waals surface area contributed by atoms with E-state index in [-0.39, 0.29) is 5.56 Å². The molecule has 0 saturated heterocycles. The van der Waals surface area contributed by atoms with Crippen LogP contribution in [0, 0.1) is 6.92 Å². The zero-order valence-electron chi connectivity index (χ0n) is 9.75. The van der Waals surface area contributed by atoms with Gasteiger partial charge in [-0.05, 0) is 18.6 Å². The summed E-state index contributed by atoms with van der Waals surface area (Å²) in [4.78, 5) is 19.0. The molecule has 0 saturated carbocycles. The molecule has 2 aromatic heterocycles. The van der Waals surface area contributed by atoms with Gasteiger partial charge in [-0.3, -0.25) is 0 Å². The topological polar surface area (TPSA) is 101 Å². The predicted molar refractivity (Wildman–Crippen MR) is 62.4 cm³/mol. The van der Waals surface area contributed by atoms with Gasteiger partial charge in [-0.25, -0.2) is 9.78 Å².